The third-order valence-corrected chi connectivity index (χ3v) is 3.44. The second kappa shape index (κ2) is 7.41. The monoisotopic (exact) mass is 322 g/mol. The van der Waals surface area contributed by atoms with Gasteiger partial charge in [-0.3, -0.25) is 14.9 Å². The van der Waals surface area contributed by atoms with Crippen LogP contribution >= 0.6 is 0 Å². The topological polar surface area (TPSA) is 79.9 Å². The molecule has 0 atom stereocenters. The summed E-state index contributed by atoms with van der Waals surface area (Å²) in [7, 11) is 0. The highest BCUT2D eigenvalue weighted by atomic mass is 16.5. The molecule has 1 amide bonds. The lowest BCUT2D eigenvalue weighted by atomic mass is 10.1. The molecule has 6 nitrogen and oxygen atoms in total. The summed E-state index contributed by atoms with van der Waals surface area (Å²) in [5.41, 5.74) is 2.84. The van der Waals surface area contributed by atoms with E-state index in [2.05, 4.69) is 20.5 Å². The minimum absolute atomic E-state index is 0.217. The molecular weight excluding hydrogens is 304 g/mol. The van der Waals surface area contributed by atoms with Crippen LogP contribution < -0.4 is 10.1 Å². The molecule has 0 saturated carbocycles. The first kappa shape index (κ1) is 15.7. The number of nitrogens with one attached hydrogen (secondary N) is 2. The van der Waals surface area contributed by atoms with Crippen LogP contribution in [0.25, 0.3) is 11.3 Å². The molecular formula is C18H18N4O2. The van der Waals surface area contributed by atoms with E-state index in [0.717, 1.165) is 17.0 Å². The number of ether oxygens (including phenoxy) is 1. The molecule has 0 spiro atoms. The molecule has 0 aliphatic carbocycles. The van der Waals surface area contributed by atoms with Gasteiger partial charge in [-0.2, -0.15) is 5.10 Å². The number of nitrogens with zero attached hydrogens (tertiary/aromatic N) is 2. The molecule has 0 bridgehead atoms. The minimum atomic E-state index is -0.217. The summed E-state index contributed by atoms with van der Waals surface area (Å²) in [6.45, 7) is 2.94. The predicted octanol–water partition coefficient (Wildman–Crippen LogP) is 2.80. The Morgan fingerprint density at radius 2 is 2.04 bits per heavy atom. The van der Waals surface area contributed by atoms with Gasteiger partial charge in [-0.15, -0.1) is 0 Å². The van der Waals surface area contributed by atoms with E-state index < -0.39 is 0 Å². The van der Waals surface area contributed by atoms with Crippen LogP contribution in [0.2, 0.25) is 0 Å². The van der Waals surface area contributed by atoms with Gasteiger partial charge in [0, 0.05) is 11.8 Å². The average Bonchev–Trinajstić information content (AvgIpc) is 3.12. The molecule has 1 aromatic carbocycles. The van der Waals surface area contributed by atoms with Crippen LogP contribution in [0.15, 0.2) is 54.7 Å². The van der Waals surface area contributed by atoms with Crippen molar-refractivity contribution in [1.29, 1.82) is 0 Å². The number of amides is 1. The molecule has 0 fully saturated rings. The smallest absolute Gasteiger partial charge is 0.269 e. The summed E-state index contributed by atoms with van der Waals surface area (Å²) >= 11 is 0. The van der Waals surface area contributed by atoms with E-state index in [1.54, 1.807) is 12.3 Å². The van der Waals surface area contributed by atoms with E-state index in [1.165, 1.54) is 0 Å². The first-order valence-electron chi connectivity index (χ1n) is 7.73. The number of aromatic amines is 1. The number of benzene rings is 1. The molecule has 0 unspecified atom stereocenters. The van der Waals surface area contributed by atoms with Gasteiger partial charge in [-0.1, -0.05) is 6.07 Å². The summed E-state index contributed by atoms with van der Waals surface area (Å²) < 4.78 is 5.42. The summed E-state index contributed by atoms with van der Waals surface area (Å²) in [6, 6.07) is 14.9. The highest BCUT2D eigenvalue weighted by Gasteiger charge is 2.11. The first-order chi connectivity index (χ1) is 11.8. The van der Waals surface area contributed by atoms with Crippen LogP contribution in [0.5, 0.6) is 5.75 Å². The third-order valence-electron chi connectivity index (χ3n) is 3.44. The lowest BCUT2D eigenvalue weighted by molar-refractivity contribution is 0.0945. The third kappa shape index (κ3) is 3.78. The summed E-state index contributed by atoms with van der Waals surface area (Å²) in [6.07, 6.45) is 1.70. The minimum Gasteiger partial charge on any atom is -0.494 e. The molecule has 2 heterocycles. The van der Waals surface area contributed by atoms with Crippen molar-refractivity contribution in [3.63, 3.8) is 0 Å². The van der Waals surface area contributed by atoms with Gasteiger partial charge in [-0.25, -0.2) is 0 Å². The van der Waals surface area contributed by atoms with Crippen LogP contribution in [-0.4, -0.2) is 27.7 Å². The fourth-order valence-corrected chi connectivity index (χ4v) is 2.24. The summed E-state index contributed by atoms with van der Waals surface area (Å²) in [4.78, 5) is 16.3. The highest BCUT2D eigenvalue weighted by Crippen LogP contribution is 2.21. The van der Waals surface area contributed by atoms with Crippen molar-refractivity contribution in [3.05, 3.63) is 66.1 Å². The Kier molecular flexibility index (Phi) is 4.86. The van der Waals surface area contributed by atoms with E-state index in [0.29, 0.717) is 24.5 Å². The van der Waals surface area contributed by atoms with Gasteiger partial charge in [0.2, 0.25) is 0 Å². The van der Waals surface area contributed by atoms with Crippen LogP contribution in [0.1, 0.15) is 23.1 Å². The van der Waals surface area contributed by atoms with Crippen LogP contribution in [0.4, 0.5) is 0 Å². The fourth-order valence-electron chi connectivity index (χ4n) is 2.24. The standard InChI is InChI=1S/C18H18N4O2/c1-2-24-15-8-6-13(7-9-15)16-11-17(22-21-16)18(23)20-12-14-5-3-4-10-19-14/h3-11H,2,12H2,1H3,(H,20,23)(H,21,22). The molecule has 0 aliphatic heterocycles. The van der Waals surface area contributed by atoms with Crippen LogP contribution in [0, 0.1) is 0 Å². The molecule has 3 aromatic rings. The van der Waals surface area contributed by atoms with Gasteiger partial charge in [0.15, 0.2) is 0 Å². The zero-order valence-electron chi connectivity index (χ0n) is 13.3. The molecule has 0 saturated heterocycles. The van der Waals surface area contributed by atoms with Gasteiger partial charge < -0.3 is 10.1 Å². The number of aromatic nitrogens is 3. The van der Waals surface area contributed by atoms with Crippen molar-refractivity contribution in [2.75, 3.05) is 6.61 Å². The van der Waals surface area contributed by atoms with Crippen molar-refractivity contribution in [3.8, 4) is 17.0 Å². The van der Waals surface area contributed by atoms with E-state index in [-0.39, 0.29) is 5.91 Å². The molecule has 122 valence electrons. The van der Waals surface area contributed by atoms with E-state index in [1.807, 2.05) is 49.4 Å². The second-order valence-electron chi connectivity index (χ2n) is 5.13. The van der Waals surface area contributed by atoms with Gasteiger partial charge in [0.05, 0.1) is 24.5 Å². The normalized spacial score (nSPS) is 10.4. The Morgan fingerprint density at radius 1 is 1.21 bits per heavy atom. The van der Waals surface area contributed by atoms with Gasteiger partial charge in [-0.05, 0) is 49.4 Å². The Hall–Kier alpha value is -3.15. The van der Waals surface area contributed by atoms with Crippen LogP contribution in [-0.2, 0) is 6.54 Å². The number of rotatable bonds is 6. The van der Waals surface area contributed by atoms with E-state index in [9.17, 15) is 4.79 Å². The zero-order chi connectivity index (χ0) is 16.8. The summed E-state index contributed by atoms with van der Waals surface area (Å²) in [5, 5.41) is 9.78. The predicted molar refractivity (Wildman–Crippen MR) is 90.6 cm³/mol. The molecule has 24 heavy (non-hydrogen) atoms. The Bertz CT molecular complexity index is 797. The fraction of sp³-hybridized carbons (Fsp3) is 0.167. The van der Waals surface area contributed by atoms with E-state index >= 15 is 0 Å². The van der Waals surface area contributed by atoms with Gasteiger partial charge >= 0.3 is 0 Å². The lowest BCUT2D eigenvalue weighted by Crippen LogP contribution is -2.23. The first-order valence-corrected chi connectivity index (χ1v) is 7.73. The Morgan fingerprint density at radius 3 is 2.75 bits per heavy atom. The molecule has 2 aromatic heterocycles. The van der Waals surface area contributed by atoms with E-state index in [4.69, 9.17) is 4.74 Å². The Balaban J connectivity index is 1.65. The van der Waals surface area contributed by atoms with Gasteiger partial charge in [0.25, 0.3) is 5.91 Å². The maximum atomic E-state index is 12.2. The SMILES string of the molecule is CCOc1ccc(-c2cc(C(=O)NCc3ccccn3)[nH]n2)cc1. The number of hydrogen-bond acceptors (Lipinski definition) is 4. The number of carbonyl (C=O) groups is 1. The molecule has 6 heteroatoms. The maximum Gasteiger partial charge on any atom is 0.269 e. The van der Waals surface area contributed by atoms with Crippen molar-refractivity contribution >= 4 is 5.91 Å². The largest absolute Gasteiger partial charge is 0.494 e. The molecule has 2 N–H and O–H groups in total. The second-order valence-corrected chi connectivity index (χ2v) is 5.13. The lowest BCUT2D eigenvalue weighted by Gasteiger charge is -2.03. The molecule has 0 aliphatic rings. The maximum absolute atomic E-state index is 12.2. The number of hydrogen-bond donors (Lipinski definition) is 2. The van der Waals surface area contributed by atoms with Gasteiger partial charge in [0.1, 0.15) is 11.4 Å². The number of pyridine rings is 1. The average molecular weight is 322 g/mol. The van der Waals surface area contributed by atoms with Crippen molar-refractivity contribution < 1.29 is 9.53 Å². The number of H-pyrrole nitrogens is 1. The highest BCUT2D eigenvalue weighted by molar-refractivity contribution is 5.93. The molecule has 3 rings (SSSR count). The quantitative estimate of drug-likeness (QED) is 0.731. The summed E-state index contributed by atoms with van der Waals surface area (Å²) in [5.74, 6) is 0.593. The van der Waals surface area contributed by atoms with Crippen LogP contribution in [0.3, 0.4) is 0 Å². The van der Waals surface area contributed by atoms with Crippen molar-refractivity contribution in [2.24, 2.45) is 0 Å². The number of carbonyl (C=O) groups excluding carboxylic acids is 1. The van der Waals surface area contributed by atoms with Crippen molar-refractivity contribution in [1.82, 2.24) is 20.5 Å². The van der Waals surface area contributed by atoms with Crippen molar-refractivity contribution in [2.45, 2.75) is 13.5 Å². The zero-order valence-corrected chi connectivity index (χ0v) is 13.3. The Labute approximate surface area is 139 Å². The molecule has 0 radical (unpaired) electrons.